The van der Waals surface area contributed by atoms with Crippen molar-refractivity contribution in [2.45, 2.75) is 39.2 Å². The number of pyridine rings is 1. The molecule has 0 aliphatic rings. The van der Waals surface area contributed by atoms with Gasteiger partial charge in [-0.1, -0.05) is 20.3 Å². The Hall–Kier alpha value is -1.58. The Bertz CT molecular complexity index is 353. The van der Waals surface area contributed by atoms with Crippen LogP contribution in [0.25, 0.3) is 0 Å². The van der Waals surface area contributed by atoms with Gasteiger partial charge in [-0.2, -0.15) is 0 Å². The molecule has 4 heteroatoms. The van der Waals surface area contributed by atoms with Crippen LogP contribution in [0.3, 0.4) is 0 Å². The summed E-state index contributed by atoms with van der Waals surface area (Å²) in [5.74, 6) is -0.283. The van der Waals surface area contributed by atoms with Crippen LogP contribution in [0.15, 0.2) is 18.3 Å². The second-order valence-corrected chi connectivity index (χ2v) is 3.77. The molecular formula is C12H18N2O2. The van der Waals surface area contributed by atoms with Crippen LogP contribution < -0.4 is 5.32 Å². The Morgan fingerprint density at radius 1 is 1.56 bits per heavy atom. The first kappa shape index (κ1) is 12.5. The second-order valence-electron chi connectivity index (χ2n) is 3.77. The lowest BCUT2D eigenvalue weighted by molar-refractivity contribution is 0.0697. The molecule has 4 nitrogen and oxygen atoms in total. The zero-order chi connectivity index (χ0) is 12.0. The number of nitrogens with one attached hydrogen (secondary N) is 1. The largest absolute Gasteiger partial charge is 0.478 e. The minimum absolute atomic E-state index is 0.267. The van der Waals surface area contributed by atoms with Crippen molar-refractivity contribution in [3.8, 4) is 0 Å². The van der Waals surface area contributed by atoms with Crippen molar-refractivity contribution in [2.24, 2.45) is 0 Å². The summed E-state index contributed by atoms with van der Waals surface area (Å²) < 4.78 is 0. The first-order valence-electron chi connectivity index (χ1n) is 5.63. The minimum atomic E-state index is -0.922. The van der Waals surface area contributed by atoms with Crippen LogP contribution in [0.1, 0.15) is 43.5 Å². The Morgan fingerprint density at radius 3 is 2.88 bits per heavy atom. The van der Waals surface area contributed by atoms with Crippen LogP contribution in [-0.4, -0.2) is 22.1 Å². The van der Waals surface area contributed by atoms with Gasteiger partial charge in [0.1, 0.15) is 5.82 Å². The van der Waals surface area contributed by atoms with Crippen molar-refractivity contribution in [1.29, 1.82) is 0 Å². The van der Waals surface area contributed by atoms with Gasteiger partial charge in [-0.3, -0.25) is 0 Å². The molecule has 0 amide bonds. The first-order valence-corrected chi connectivity index (χ1v) is 5.63. The van der Waals surface area contributed by atoms with Crippen LogP contribution in [-0.2, 0) is 0 Å². The normalized spacial score (nSPS) is 12.1. The maximum Gasteiger partial charge on any atom is 0.335 e. The van der Waals surface area contributed by atoms with Crippen molar-refractivity contribution >= 4 is 11.8 Å². The summed E-state index contributed by atoms with van der Waals surface area (Å²) in [5.41, 5.74) is 0.267. The van der Waals surface area contributed by atoms with E-state index in [0.717, 1.165) is 19.3 Å². The molecule has 1 heterocycles. The summed E-state index contributed by atoms with van der Waals surface area (Å²) in [7, 11) is 0. The summed E-state index contributed by atoms with van der Waals surface area (Å²) in [6, 6.07) is 3.43. The van der Waals surface area contributed by atoms with E-state index < -0.39 is 5.97 Å². The number of carboxylic acids is 1. The SMILES string of the molecule is CCCC(CC)Nc1cc(C(=O)O)ccn1. The number of rotatable bonds is 6. The molecule has 0 aromatic carbocycles. The quantitative estimate of drug-likeness (QED) is 0.777. The van der Waals surface area contributed by atoms with Gasteiger partial charge in [0.2, 0.25) is 0 Å². The number of nitrogens with zero attached hydrogens (tertiary/aromatic N) is 1. The lowest BCUT2D eigenvalue weighted by atomic mass is 10.1. The van der Waals surface area contributed by atoms with Gasteiger partial charge in [-0.25, -0.2) is 9.78 Å². The molecule has 2 N–H and O–H groups in total. The summed E-state index contributed by atoms with van der Waals surface area (Å²) in [5, 5.41) is 12.1. The molecular weight excluding hydrogens is 204 g/mol. The molecule has 0 spiro atoms. The van der Waals surface area contributed by atoms with Crippen LogP contribution in [0, 0.1) is 0 Å². The van der Waals surface area contributed by atoms with Crippen molar-refractivity contribution in [1.82, 2.24) is 4.98 Å². The standard InChI is InChI=1S/C12H18N2O2/c1-3-5-10(4-2)14-11-8-9(12(15)16)6-7-13-11/h6-8,10H,3-5H2,1-2H3,(H,13,14)(H,15,16). The summed E-state index contributed by atoms with van der Waals surface area (Å²) in [6.07, 6.45) is 4.69. The number of hydrogen-bond acceptors (Lipinski definition) is 3. The van der Waals surface area contributed by atoms with Crippen LogP contribution in [0.4, 0.5) is 5.82 Å². The first-order chi connectivity index (χ1) is 7.67. The van der Waals surface area contributed by atoms with Gasteiger partial charge in [-0.05, 0) is 25.0 Å². The third-order valence-electron chi connectivity index (χ3n) is 2.49. The Kier molecular flexibility index (Phi) is 4.76. The van der Waals surface area contributed by atoms with Crippen molar-refractivity contribution in [2.75, 3.05) is 5.32 Å². The fourth-order valence-electron chi connectivity index (χ4n) is 1.58. The van der Waals surface area contributed by atoms with Crippen LogP contribution >= 0.6 is 0 Å². The number of hydrogen-bond donors (Lipinski definition) is 2. The monoisotopic (exact) mass is 222 g/mol. The lowest BCUT2D eigenvalue weighted by Crippen LogP contribution is -2.19. The smallest absolute Gasteiger partial charge is 0.335 e. The zero-order valence-electron chi connectivity index (χ0n) is 9.73. The number of aromatic carboxylic acids is 1. The maximum absolute atomic E-state index is 10.8. The van der Waals surface area contributed by atoms with E-state index >= 15 is 0 Å². The van der Waals surface area contributed by atoms with E-state index in [1.54, 1.807) is 6.07 Å². The predicted octanol–water partition coefficient (Wildman–Crippen LogP) is 2.77. The molecule has 0 fully saturated rings. The highest BCUT2D eigenvalue weighted by molar-refractivity contribution is 5.88. The fourth-order valence-corrected chi connectivity index (χ4v) is 1.58. The van der Waals surface area contributed by atoms with Gasteiger partial charge in [-0.15, -0.1) is 0 Å². The molecule has 0 radical (unpaired) electrons. The third-order valence-corrected chi connectivity index (χ3v) is 2.49. The molecule has 1 unspecified atom stereocenters. The molecule has 1 aromatic heterocycles. The predicted molar refractivity (Wildman–Crippen MR) is 63.8 cm³/mol. The maximum atomic E-state index is 10.8. The van der Waals surface area contributed by atoms with Gasteiger partial charge in [0.15, 0.2) is 0 Å². The second kappa shape index (κ2) is 6.10. The number of aromatic nitrogens is 1. The molecule has 0 bridgehead atoms. The molecule has 88 valence electrons. The van der Waals surface area contributed by atoms with Gasteiger partial charge >= 0.3 is 5.97 Å². The highest BCUT2D eigenvalue weighted by atomic mass is 16.4. The van der Waals surface area contributed by atoms with E-state index in [4.69, 9.17) is 5.11 Å². The average Bonchev–Trinajstić information content (AvgIpc) is 2.29. The van der Waals surface area contributed by atoms with Crippen molar-refractivity contribution in [3.63, 3.8) is 0 Å². The number of anilines is 1. The average molecular weight is 222 g/mol. The number of carbonyl (C=O) groups is 1. The third kappa shape index (κ3) is 3.53. The molecule has 0 aliphatic heterocycles. The van der Waals surface area contributed by atoms with Crippen LogP contribution in [0.5, 0.6) is 0 Å². The Morgan fingerprint density at radius 2 is 2.31 bits per heavy atom. The van der Waals surface area contributed by atoms with Crippen molar-refractivity contribution in [3.05, 3.63) is 23.9 Å². The molecule has 0 aliphatic carbocycles. The van der Waals surface area contributed by atoms with E-state index in [0.29, 0.717) is 11.9 Å². The van der Waals surface area contributed by atoms with Gasteiger partial charge in [0.25, 0.3) is 0 Å². The van der Waals surface area contributed by atoms with E-state index in [1.165, 1.54) is 12.3 Å². The lowest BCUT2D eigenvalue weighted by Gasteiger charge is -2.16. The molecule has 0 saturated carbocycles. The molecule has 1 atom stereocenters. The van der Waals surface area contributed by atoms with E-state index in [2.05, 4.69) is 24.1 Å². The molecule has 0 saturated heterocycles. The zero-order valence-corrected chi connectivity index (χ0v) is 9.73. The van der Waals surface area contributed by atoms with Crippen LogP contribution in [0.2, 0.25) is 0 Å². The van der Waals surface area contributed by atoms with E-state index in [-0.39, 0.29) is 5.56 Å². The number of carboxylic acid groups (broad SMARTS) is 1. The Labute approximate surface area is 95.7 Å². The minimum Gasteiger partial charge on any atom is -0.478 e. The van der Waals surface area contributed by atoms with E-state index in [1.807, 2.05) is 0 Å². The molecule has 1 rings (SSSR count). The fraction of sp³-hybridized carbons (Fsp3) is 0.500. The highest BCUT2D eigenvalue weighted by Gasteiger charge is 2.08. The molecule has 16 heavy (non-hydrogen) atoms. The summed E-state index contributed by atoms with van der Waals surface area (Å²) >= 11 is 0. The van der Waals surface area contributed by atoms with Gasteiger partial charge in [0.05, 0.1) is 5.56 Å². The van der Waals surface area contributed by atoms with Crippen molar-refractivity contribution < 1.29 is 9.90 Å². The summed E-state index contributed by atoms with van der Waals surface area (Å²) in [6.45, 7) is 4.24. The topological polar surface area (TPSA) is 62.2 Å². The molecule has 1 aromatic rings. The highest BCUT2D eigenvalue weighted by Crippen LogP contribution is 2.12. The van der Waals surface area contributed by atoms with E-state index in [9.17, 15) is 4.79 Å². The Balaban J connectivity index is 2.72. The summed E-state index contributed by atoms with van der Waals surface area (Å²) in [4.78, 5) is 14.9. The van der Waals surface area contributed by atoms with Gasteiger partial charge in [0, 0.05) is 12.2 Å². The van der Waals surface area contributed by atoms with Gasteiger partial charge < -0.3 is 10.4 Å².